The third-order valence-corrected chi connectivity index (χ3v) is 2.93. The first-order valence-corrected chi connectivity index (χ1v) is 5.15. The van der Waals surface area contributed by atoms with Crippen LogP contribution >= 0.6 is 0 Å². The monoisotopic (exact) mass is 214 g/mol. The van der Waals surface area contributed by atoms with E-state index in [-0.39, 0.29) is 31.2 Å². The van der Waals surface area contributed by atoms with Crippen molar-refractivity contribution < 1.29 is 14.0 Å². The summed E-state index contributed by atoms with van der Waals surface area (Å²) in [5.41, 5.74) is -0.523. The van der Waals surface area contributed by atoms with Gasteiger partial charge in [0.25, 0.3) is 0 Å². The van der Waals surface area contributed by atoms with E-state index in [0.717, 1.165) is 0 Å². The molecule has 2 saturated heterocycles. The molecule has 2 fully saturated rings. The van der Waals surface area contributed by atoms with Gasteiger partial charge in [-0.1, -0.05) is 0 Å². The van der Waals surface area contributed by atoms with Crippen molar-refractivity contribution in [2.75, 3.05) is 6.54 Å². The molecule has 2 aliphatic heterocycles. The molecular formula is C10H15FN2O2. The SMILES string of the molecule is CC1(C)CC(=O)N2C[C@H](F)C[C@H]2C(=O)N1. The Bertz CT molecular complexity index is 289. The number of fused-ring (bicyclic) bond motifs is 1. The molecule has 2 heterocycles. The van der Waals surface area contributed by atoms with Crippen LogP contribution in [0.2, 0.25) is 0 Å². The topological polar surface area (TPSA) is 49.4 Å². The Hall–Kier alpha value is -1.13. The minimum absolute atomic E-state index is 0.0625. The van der Waals surface area contributed by atoms with E-state index in [2.05, 4.69) is 5.32 Å². The lowest BCUT2D eigenvalue weighted by Gasteiger charge is -2.22. The molecule has 5 heteroatoms. The quantitative estimate of drug-likeness (QED) is 0.627. The smallest absolute Gasteiger partial charge is 0.243 e. The Kier molecular flexibility index (Phi) is 2.20. The van der Waals surface area contributed by atoms with Crippen molar-refractivity contribution in [2.24, 2.45) is 0 Å². The second kappa shape index (κ2) is 3.18. The molecule has 2 rings (SSSR count). The van der Waals surface area contributed by atoms with Gasteiger partial charge in [0, 0.05) is 18.4 Å². The van der Waals surface area contributed by atoms with Crippen molar-refractivity contribution in [2.45, 2.75) is 44.4 Å². The summed E-state index contributed by atoms with van der Waals surface area (Å²) in [6, 6.07) is -0.603. The number of hydrogen-bond donors (Lipinski definition) is 1. The highest BCUT2D eigenvalue weighted by atomic mass is 19.1. The summed E-state index contributed by atoms with van der Waals surface area (Å²) in [4.78, 5) is 24.9. The highest BCUT2D eigenvalue weighted by molar-refractivity contribution is 5.91. The summed E-state index contributed by atoms with van der Waals surface area (Å²) < 4.78 is 13.1. The van der Waals surface area contributed by atoms with Crippen LogP contribution in [0.15, 0.2) is 0 Å². The van der Waals surface area contributed by atoms with E-state index in [1.165, 1.54) is 4.90 Å². The van der Waals surface area contributed by atoms with Crippen LogP contribution in [0.3, 0.4) is 0 Å². The Morgan fingerprint density at radius 1 is 1.47 bits per heavy atom. The van der Waals surface area contributed by atoms with Crippen LogP contribution in [0.5, 0.6) is 0 Å². The minimum atomic E-state index is -1.06. The molecule has 0 aromatic carbocycles. The van der Waals surface area contributed by atoms with Gasteiger partial charge in [-0.15, -0.1) is 0 Å². The van der Waals surface area contributed by atoms with E-state index in [1.807, 2.05) is 0 Å². The predicted molar refractivity (Wildman–Crippen MR) is 51.9 cm³/mol. The van der Waals surface area contributed by atoms with Gasteiger partial charge in [0.05, 0.1) is 6.54 Å². The molecule has 15 heavy (non-hydrogen) atoms. The van der Waals surface area contributed by atoms with Crippen LogP contribution in [0.4, 0.5) is 4.39 Å². The van der Waals surface area contributed by atoms with Crippen molar-refractivity contribution in [1.29, 1.82) is 0 Å². The number of nitrogens with one attached hydrogen (secondary N) is 1. The summed E-state index contributed by atoms with van der Waals surface area (Å²) in [6.45, 7) is 3.67. The number of halogens is 1. The maximum atomic E-state index is 13.1. The van der Waals surface area contributed by atoms with Crippen LogP contribution in [0.1, 0.15) is 26.7 Å². The van der Waals surface area contributed by atoms with Gasteiger partial charge in [-0.05, 0) is 13.8 Å². The van der Waals surface area contributed by atoms with Crippen LogP contribution in [-0.2, 0) is 9.59 Å². The van der Waals surface area contributed by atoms with Crippen molar-refractivity contribution in [3.05, 3.63) is 0 Å². The zero-order chi connectivity index (χ0) is 11.2. The zero-order valence-electron chi connectivity index (χ0n) is 8.92. The number of alkyl halides is 1. The fourth-order valence-electron chi connectivity index (χ4n) is 2.25. The second-order valence-corrected chi connectivity index (χ2v) is 4.94. The van der Waals surface area contributed by atoms with E-state index in [9.17, 15) is 14.0 Å². The van der Waals surface area contributed by atoms with Crippen LogP contribution < -0.4 is 5.32 Å². The van der Waals surface area contributed by atoms with Crippen molar-refractivity contribution in [3.8, 4) is 0 Å². The Labute approximate surface area is 87.8 Å². The number of amides is 2. The first-order chi connectivity index (χ1) is 6.89. The van der Waals surface area contributed by atoms with Gasteiger partial charge in [0.15, 0.2) is 0 Å². The highest BCUT2D eigenvalue weighted by Gasteiger charge is 2.44. The van der Waals surface area contributed by atoms with Gasteiger partial charge in [-0.2, -0.15) is 0 Å². The molecule has 4 nitrogen and oxygen atoms in total. The minimum Gasteiger partial charge on any atom is -0.349 e. The fourth-order valence-corrected chi connectivity index (χ4v) is 2.25. The second-order valence-electron chi connectivity index (χ2n) is 4.94. The van der Waals surface area contributed by atoms with Gasteiger partial charge >= 0.3 is 0 Å². The van der Waals surface area contributed by atoms with Gasteiger partial charge < -0.3 is 10.2 Å². The van der Waals surface area contributed by atoms with Gasteiger partial charge in [0.1, 0.15) is 12.2 Å². The molecule has 84 valence electrons. The number of carbonyl (C=O) groups excluding carboxylic acids is 2. The number of nitrogens with zero attached hydrogens (tertiary/aromatic N) is 1. The lowest BCUT2D eigenvalue weighted by atomic mass is 10.0. The summed E-state index contributed by atoms with van der Waals surface area (Å²) in [5.74, 6) is -0.366. The molecule has 1 N–H and O–H groups in total. The summed E-state index contributed by atoms with van der Waals surface area (Å²) in [7, 11) is 0. The Morgan fingerprint density at radius 2 is 2.13 bits per heavy atom. The first-order valence-electron chi connectivity index (χ1n) is 5.15. The number of rotatable bonds is 0. The Morgan fingerprint density at radius 3 is 2.80 bits per heavy atom. The largest absolute Gasteiger partial charge is 0.349 e. The van der Waals surface area contributed by atoms with E-state index in [1.54, 1.807) is 13.8 Å². The molecular weight excluding hydrogens is 199 g/mol. The normalized spacial score (nSPS) is 34.7. The summed E-state index contributed by atoms with van der Waals surface area (Å²) in [5, 5.41) is 2.77. The maximum Gasteiger partial charge on any atom is 0.243 e. The van der Waals surface area contributed by atoms with E-state index in [4.69, 9.17) is 0 Å². The van der Waals surface area contributed by atoms with Crippen LogP contribution in [-0.4, -0.2) is 41.0 Å². The van der Waals surface area contributed by atoms with Crippen molar-refractivity contribution in [3.63, 3.8) is 0 Å². The average molecular weight is 214 g/mol. The zero-order valence-corrected chi connectivity index (χ0v) is 8.92. The molecule has 2 atom stereocenters. The lowest BCUT2D eigenvalue weighted by Crippen LogP contribution is -2.46. The van der Waals surface area contributed by atoms with Crippen LogP contribution in [0, 0.1) is 0 Å². The first kappa shape index (κ1) is 10.4. The molecule has 0 saturated carbocycles. The maximum absolute atomic E-state index is 13.1. The molecule has 0 bridgehead atoms. The predicted octanol–water partition coefficient (Wildman–Crippen LogP) is 0.224. The lowest BCUT2D eigenvalue weighted by molar-refractivity contribution is -0.135. The molecule has 0 unspecified atom stereocenters. The van der Waals surface area contributed by atoms with Crippen LogP contribution in [0.25, 0.3) is 0 Å². The number of carbonyl (C=O) groups is 2. The molecule has 2 amide bonds. The molecule has 0 radical (unpaired) electrons. The Balaban J connectivity index is 2.26. The summed E-state index contributed by atoms with van der Waals surface area (Å²) >= 11 is 0. The third-order valence-electron chi connectivity index (χ3n) is 2.93. The van der Waals surface area contributed by atoms with E-state index in [0.29, 0.717) is 0 Å². The number of hydrogen-bond acceptors (Lipinski definition) is 2. The van der Waals surface area contributed by atoms with E-state index < -0.39 is 17.8 Å². The highest BCUT2D eigenvalue weighted by Crippen LogP contribution is 2.26. The molecule has 0 aromatic heterocycles. The third kappa shape index (κ3) is 1.82. The van der Waals surface area contributed by atoms with Gasteiger partial charge in [-0.3, -0.25) is 9.59 Å². The van der Waals surface area contributed by atoms with Gasteiger partial charge in [-0.25, -0.2) is 4.39 Å². The molecule has 0 spiro atoms. The molecule has 0 aromatic rings. The average Bonchev–Trinajstić information content (AvgIpc) is 2.41. The van der Waals surface area contributed by atoms with E-state index >= 15 is 0 Å². The molecule has 2 aliphatic rings. The van der Waals surface area contributed by atoms with Crippen molar-refractivity contribution in [1.82, 2.24) is 10.2 Å². The molecule has 0 aliphatic carbocycles. The van der Waals surface area contributed by atoms with Gasteiger partial charge in [0.2, 0.25) is 11.8 Å². The van der Waals surface area contributed by atoms with Crippen molar-refractivity contribution >= 4 is 11.8 Å². The standard InChI is InChI=1S/C10H15FN2O2/c1-10(2)4-8(14)13-5-6(11)3-7(13)9(15)12-10/h6-7H,3-5H2,1-2H3,(H,12,15)/t6-,7+/m1/s1. The fraction of sp³-hybridized carbons (Fsp3) is 0.800. The summed E-state index contributed by atoms with van der Waals surface area (Å²) in [6.07, 6.45) is -0.693.